The number of hydrogen-bond acceptors (Lipinski definition) is 4. The number of rotatable bonds is 4. The Morgan fingerprint density at radius 1 is 1.55 bits per heavy atom. The van der Waals surface area contributed by atoms with Crippen molar-refractivity contribution >= 4 is 28.9 Å². The number of carboxylic acids is 1. The van der Waals surface area contributed by atoms with Crippen LogP contribution in [0.2, 0.25) is 5.02 Å². The Hall–Kier alpha value is -1.46. The highest BCUT2D eigenvalue weighted by molar-refractivity contribution is 6.34. The summed E-state index contributed by atoms with van der Waals surface area (Å²) < 4.78 is 0. The summed E-state index contributed by atoms with van der Waals surface area (Å²) in [4.78, 5) is 15.7. The van der Waals surface area contributed by atoms with E-state index in [0.717, 1.165) is 25.9 Å². The Balaban J connectivity index is 2.43. The molecule has 1 atom stereocenters. The summed E-state index contributed by atoms with van der Waals surface area (Å²) in [6, 6.07) is 3.38. The average molecular weight is 298 g/mol. The van der Waals surface area contributed by atoms with Crippen molar-refractivity contribution in [3.05, 3.63) is 22.7 Å². The van der Waals surface area contributed by atoms with E-state index in [9.17, 15) is 9.90 Å². The van der Waals surface area contributed by atoms with E-state index in [4.69, 9.17) is 17.3 Å². The molecule has 1 aromatic carbocycles. The second kappa shape index (κ2) is 5.89. The molecule has 0 aromatic heterocycles. The van der Waals surface area contributed by atoms with Crippen molar-refractivity contribution in [3.63, 3.8) is 0 Å². The summed E-state index contributed by atoms with van der Waals surface area (Å²) in [6.07, 6.45) is 2.08. The molecule has 1 aliphatic heterocycles. The van der Waals surface area contributed by atoms with Gasteiger partial charge in [0, 0.05) is 24.8 Å². The number of halogens is 1. The van der Waals surface area contributed by atoms with Gasteiger partial charge in [0.25, 0.3) is 0 Å². The van der Waals surface area contributed by atoms with Gasteiger partial charge in [0.15, 0.2) is 0 Å². The zero-order chi connectivity index (χ0) is 14.9. The molecule has 1 saturated heterocycles. The van der Waals surface area contributed by atoms with Crippen LogP contribution in [-0.2, 0) is 0 Å². The molecule has 5 nitrogen and oxygen atoms in total. The fraction of sp³-hybridized carbons (Fsp3) is 0.500. The minimum atomic E-state index is -0.996. The van der Waals surface area contributed by atoms with Gasteiger partial charge in [-0.15, -0.1) is 0 Å². The molecule has 0 saturated carbocycles. The van der Waals surface area contributed by atoms with Crippen LogP contribution in [0.5, 0.6) is 0 Å². The van der Waals surface area contributed by atoms with Crippen molar-refractivity contribution in [1.82, 2.24) is 4.90 Å². The van der Waals surface area contributed by atoms with Gasteiger partial charge in [-0.3, -0.25) is 0 Å². The fourth-order valence-electron chi connectivity index (χ4n) is 2.82. The molecule has 0 bridgehead atoms. The van der Waals surface area contributed by atoms with Gasteiger partial charge in [-0.1, -0.05) is 11.6 Å². The molecule has 1 aliphatic rings. The first-order valence-corrected chi connectivity index (χ1v) is 7.01. The minimum Gasteiger partial charge on any atom is -0.478 e. The number of carboxylic acid groups (broad SMARTS) is 1. The first-order chi connectivity index (χ1) is 9.40. The second-order valence-electron chi connectivity index (χ2n) is 5.46. The van der Waals surface area contributed by atoms with E-state index in [-0.39, 0.29) is 11.6 Å². The van der Waals surface area contributed by atoms with Crippen LogP contribution in [0.15, 0.2) is 12.1 Å². The molecule has 1 aromatic rings. The van der Waals surface area contributed by atoms with Crippen LogP contribution in [-0.4, -0.2) is 49.2 Å². The fourth-order valence-corrected chi connectivity index (χ4v) is 3.15. The van der Waals surface area contributed by atoms with Crippen molar-refractivity contribution in [3.8, 4) is 0 Å². The highest BCUT2D eigenvalue weighted by Crippen LogP contribution is 2.37. The number of carbonyl (C=O) groups is 1. The molecule has 3 N–H and O–H groups in total. The predicted octanol–water partition coefficient (Wildman–Crippen LogP) is 2.15. The van der Waals surface area contributed by atoms with Crippen molar-refractivity contribution in [1.29, 1.82) is 0 Å². The zero-order valence-corrected chi connectivity index (χ0v) is 12.5. The molecule has 0 spiro atoms. The Morgan fingerprint density at radius 2 is 2.25 bits per heavy atom. The molecule has 1 fully saturated rings. The maximum Gasteiger partial charge on any atom is 0.337 e. The van der Waals surface area contributed by atoms with Crippen LogP contribution in [0, 0.1) is 0 Å². The summed E-state index contributed by atoms with van der Waals surface area (Å²) in [5.74, 6) is -0.996. The number of hydrogen-bond donors (Lipinski definition) is 2. The van der Waals surface area contributed by atoms with Gasteiger partial charge in [-0.25, -0.2) is 4.79 Å². The quantitative estimate of drug-likeness (QED) is 0.833. The lowest BCUT2D eigenvalue weighted by Crippen LogP contribution is -2.38. The lowest BCUT2D eigenvalue weighted by molar-refractivity contribution is 0.0697. The molecule has 2 rings (SSSR count). The smallest absolute Gasteiger partial charge is 0.337 e. The van der Waals surface area contributed by atoms with E-state index in [0.29, 0.717) is 16.4 Å². The predicted molar refractivity (Wildman–Crippen MR) is 81.7 cm³/mol. The van der Waals surface area contributed by atoms with Crippen LogP contribution in [0.25, 0.3) is 0 Å². The molecule has 6 heteroatoms. The van der Waals surface area contributed by atoms with Crippen molar-refractivity contribution in [2.45, 2.75) is 18.9 Å². The third kappa shape index (κ3) is 2.99. The van der Waals surface area contributed by atoms with Gasteiger partial charge in [0.05, 0.1) is 16.3 Å². The standard InChI is InChI=1S/C14H20ClN3O2/c1-17(2)8-10-4-3-5-18(10)13-11(14(19)20)6-9(16)7-12(13)15/h6-7,10H,3-5,8,16H2,1-2H3,(H,19,20). The Kier molecular flexibility index (Phi) is 4.40. The minimum absolute atomic E-state index is 0.181. The van der Waals surface area contributed by atoms with Crippen LogP contribution in [0.1, 0.15) is 23.2 Å². The number of nitrogens with two attached hydrogens (primary N) is 1. The van der Waals surface area contributed by atoms with E-state index in [1.807, 2.05) is 14.1 Å². The monoisotopic (exact) mass is 297 g/mol. The van der Waals surface area contributed by atoms with E-state index < -0.39 is 5.97 Å². The molecule has 1 unspecified atom stereocenters. The number of benzene rings is 1. The first kappa shape index (κ1) is 14.9. The van der Waals surface area contributed by atoms with E-state index in [1.165, 1.54) is 6.07 Å². The summed E-state index contributed by atoms with van der Waals surface area (Å²) >= 11 is 6.26. The van der Waals surface area contributed by atoms with Gasteiger partial charge in [0.1, 0.15) is 0 Å². The summed E-state index contributed by atoms with van der Waals surface area (Å²) in [6.45, 7) is 1.70. The van der Waals surface area contributed by atoms with Gasteiger partial charge in [0.2, 0.25) is 0 Å². The topological polar surface area (TPSA) is 69.8 Å². The third-order valence-electron chi connectivity index (χ3n) is 3.56. The number of nitrogen functional groups attached to an aromatic ring is 1. The SMILES string of the molecule is CN(C)CC1CCCN1c1c(Cl)cc(N)cc1C(=O)O. The van der Waals surface area contributed by atoms with Crippen LogP contribution >= 0.6 is 11.6 Å². The Labute approximate surface area is 123 Å². The van der Waals surface area contributed by atoms with Gasteiger partial charge < -0.3 is 20.6 Å². The lowest BCUT2D eigenvalue weighted by atomic mass is 10.1. The van der Waals surface area contributed by atoms with E-state index >= 15 is 0 Å². The lowest BCUT2D eigenvalue weighted by Gasteiger charge is -2.31. The number of aromatic carboxylic acids is 1. The third-order valence-corrected chi connectivity index (χ3v) is 3.84. The maximum atomic E-state index is 11.5. The molecular formula is C14H20ClN3O2. The first-order valence-electron chi connectivity index (χ1n) is 6.64. The summed E-state index contributed by atoms with van der Waals surface area (Å²) in [5.41, 5.74) is 6.86. The van der Waals surface area contributed by atoms with Crippen LogP contribution in [0.3, 0.4) is 0 Å². The molecular weight excluding hydrogens is 278 g/mol. The molecule has 0 aliphatic carbocycles. The molecule has 0 radical (unpaired) electrons. The average Bonchev–Trinajstić information content (AvgIpc) is 2.75. The number of likely N-dealkylation sites (N-methyl/N-ethyl adjacent to an activating group) is 1. The Bertz CT molecular complexity index is 519. The van der Waals surface area contributed by atoms with Crippen LogP contribution < -0.4 is 10.6 Å². The summed E-state index contributed by atoms with van der Waals surface area (Å²) in [7, 11) is 4.03. The maximum absolute atomic E-state index is 11.5. The molecule has 110 valence electrons. The van der Waals surface area contributed by atoms with Crippen molar-refractivity contribution < 1.29 is 9.90 Å². The highest BCUT2D eigenvalue weighted by Gasteiger charge is 2.30. The Morgan fingerprint density at radius 3 is 2.85 bits per heavy atom. The van der Waals surface area contributed by atoms with Gasteiger partial charge in [-0.2, -0.15) is 0 Å². The molecule has 20 heavy (non-hydrogen) atoms. The number of anilines is 2. The van der Waals surface area contributed by atoms with Crippen LogP contribution in [0.4, 0.5) is 11.4 Å². The van der Waals surface area contributed by atoms with Gasteiger partial charge >= 0.3 is 5.97 Å². The van der Waals surface area contributed by atoms with Gasteiger partial charge in [-0.05, 0) is 39.1 Å². The highest BCUT2D eigenvalue weighted by atomic mass is 35.5. The molecule has 0 amide bonds. The molecule has 1 heterocycles. The van der Waals surface area contributed by atoms with E-state index in [2.05, 4.69) is 9.80 Å². The summed E-state index contributed by atoms with van der Waals surface area (Å²) in [5, 5.41) is 9.80. The zero-order valence-electron chi connectivity index (χ0n) is 11.8. The van der Waals surface area contributed by atoms with Crippen molar-refractivity contribution in [2.24, 2.45) is 0 Å². The second-order valence-corrected chi connectivity index (χ2v) is 5.86. The largest absolute Gasteiger partial charge is 0.478 e. The van der Waals surface area contributed by atoms with Crippen molar-refractivity contribution in [2.75, 3.05) is 37.8 Å². The normalized spacial score (nSPS) is 18.8. The van der Waals surface area contributed by atoms with E-state index in [1.54, 1.807) is 6.07 Å². The number of nitrogens with zero attached hydrogens (tertiary/aromatic N) is 2.